The topological polar surface area (TPSA) is 90.0 Å². The van der Waals surface area contributed by atoms with Crippen LogP contribution in [-0.4, -0.2) is 35.3 Å². The van der Waals surface area contributed by atoms with Gasteiger partial charge in [0, 0.05) is 29.2 Å². The van der Waals surface area contributed by atoms with Crippen molar-refractivity contribution >= 4 is 17.4 Å². The molecule has 0 bridgehead atoms. The average Bonchev–Trinajstić information content (AvgIpc) is 3.46. The van der Waals surface area contributed by atoms with E-state index in [0.29, 0.717) is 28.8 Å². The summed E-state index contributed by atoms with van der Waals surface area (Å²) >= 11 is 0. The fourth-order valence-electron chi connectivity index (χ4n) is 3.80. The van der Waals surface area contributed by atoms with Crippen molar-refractivity contribution in [2.24, 2.45) is 0 Å². The zero-order chi connectivity index (χ0) is 23.2. The predicted octanol–water partition coefficient (Wildman–Crippen LogP) is 4.69. The predicted molar refractivity (Wildman–Crippen MR) is 125 cm³/mol. The molecule has 1 amide bonds. The number of hydrogen-bond acceptors (Lipinski definition) is 5. The van der Waals surface area contributed by atoms with Gasteiger partial charge in [0.05, 0.1) is 23.5 Å². The van der Waals surface area contributed by atoms with Crippen LogP contribution in [0.1, 0.15) is 34.9 Å². The number of carbonyl (C=O) groups is 1. The normalized spacial score (nSPS) is 13.4. The molecule has 8 nitrogen and oxygen atoms in total. The molecule has 4 aromatic heterocycles. The number of hydrogen-bond donors (Lipinski definition) is 1. The van der Waals surface area contributed by atoms with Crippen molar-refractivity contribution in [3.8, 4) is 22.5 Å². The molecule has 5 aromatic rings. The van der Waals surface area contributed by atoms with Gasteiger partial charge < -0.3 is 5.32 Å². The maximum atomic E-state index is 13.5. The number of pyridine rings is 1. The van der Waals surface area contributed by atoms with E-state index in [-0.39, 0.29) is 11.7 Å². The summed E-state index contributed by atoms with van der Waals surface area (Å²) in [5.74, 6) is -0.191. The summed E-state index contributed by atoms with van der Waals surface area (Å²) < 4.78 is 17.1. The van der Waals surface area contributed by atoms with E-state index < -0.39 is 0 Å². The summed E-state index contributed by atoms with van der Waals surface area (Å²) in [5.41, 5.74) is 5.02. The third kappa shape index (κ3) is 3.81. The zero-order valence-electron chi connectivity index (χ0n) is 18.3. The van der Waals surface area contributed by atoms with Gasteiger partial charge >= 0.3 is 0 Å². The number of nitrogens with one attached hydrogen (secondary N) is 1. The van der Waals surface area contributed by atoms with Crippen LogP contribution in [0.25, 0.3) is 28.2 Å². The first-order valence-electron chi connectivity index (χ1n) is 11.0. The Morgan fingerprint density at radius 1 is 1.03 bits per heavy atom. The van der Waals surface area contributed by atoms with E-state index in [9.17, 15) is 9.18 Å². The highest BCUT2D eigenvalue weighted by atomic mass is 19.1. The molecule has 34 heavy (non-hydrogen) atoms. The number of nitrogens with zero attached hydrogens (tertiary/aromatic N) is 6. The summed E-state index contributed by atoms with van der Waals surface area (Å²) in [6.07, 6.45) is 7.39. The van der Waals surface area contributed by atoms with E-state index in [0.717, 1.165) is 35.4 Å². The molecule has 0 unspecified atom stereocenters. The van der Waals surface area contributed by atoms with Gasteiger partial charge in [0.25, 0.3) is 5.91 Å². The van der Waals surface area contributed by atoms with Crippen molar-refractivity contribution < 1.29 is 9.18 Å². The molecular formula is C25H20FN7O. The molecule has 168 valence electrons. The van der Waals surface area contributed by atoms with Gasteiger partial charge in [-0.15, -0.1) is 0 Å². The van der Waals surface area contributed by atoms with Crippen LogP contribution in [0, 0.1) is 12.7 Å². The molecule has 0 radical (unpaired) electrons. The van der Waals surface area contributed by atoms with Crippen molar-refractivity contribution in [2.45, 2.75) is 25.8 Å². The molecule has 1 aliphatic rings. The van der Waals surface area contributed by atoms with Crippen LogP contribution in [0.3, 0.4) is 0 Å². The summed E-state index contributed by atoms with van der Waals surface area (Å²) in [6.45, 7) is 1.86. The smallest absolute Gasteiger partial charge is 0.258 e. The molecule has 1 N–H and O–H groups in total. The minimum absolute atomic E-state index is 0.291. The van der Waals surface area contributed by atoms with Crippen molar-refractivity contribution in [3.05, 3.63) is 84.2 Å². The van der Waals surface area contributed by atoms with E-state index in [4.69, 9.17) is 10.2 Å². The van der Waals surface area contributed by atoms with Gasteiger partial charge in [-0.2, -0.15) is 10.2 Å². The number of anilines is 1. The quantitative estimate of drug-likeness (QED) is 0.417. The van der Waals surface area contributed by atoms with Gasteiger partial charge in [0.15, 0.2) is 11.5 Å². The van der Waals surface area contributed by atoms with Crippen molar-refractivity contribution in [1.82, 2.24) is 29.4 Å². The van der Waals surface area contributed by atoms with E-state index in [1.165, 1.54) is 18.3 Å². The minimum atomic E-state index is -0.291. The molecule has 1 aliphatic carbocycles. The van der Waals surface area contributed by atoms with Crippen LogP contribution in [0.15, 0.2) is 67.1 Å². The third-order valence-corrected chi connectivity index (χ3v) is 5.78. The summed E-state index contributed by atoms with van der Waals surface area (Å²) in [5, 5.41) is 12.3. The molecule has 0 saturated heterocycles. The van der Waals surface area contributed by atoms with Crippen LogP contribution < -0.4 is 5.32 Å². The molecule has 1 fully saturated rings. The molecule has 0 spiro atoms. The van der Waals surface area contributed by atoms with Crippen molar-refractivity contribution in [2.75, 3.05) is 5.32 Å². The number of aryl methyl sites for hydroxylation is 1. The second-order valence-electron chi connectivity index (χ2n) is 8.40. The minimum Gasteiger partial charge on any atom is -0.305 e. The molecule has 4 heterocycles. The number of amides is 1. The van der Waals surface area contributed by atoms with Gasteiger partial charge in [-0.1, -0.05) is 0 Å². The van der Waals surface area contributed by atoms with E-state index in [1.54, 1.807) is 35.0 Å². The lowest BCUT2D eigenvalue weighted by atomic mass is 10.1. The first-order chi connectivity index (χ1) is 16.5. The van der Waals surface area contributed by atoms with Crippen LogP contribution in [-0.2, 0) is 0 Å². The molecule has 1 aromatic carbocycles. The Morgan fingerprint density at radius 2 is 1.85 bits per heavy atom. The lowest BCUT2D eigenvalue weighted by Gasteiger charge is -2.03. The Morgan fingerprint density at radius 3 is 2.59 bits per heavy atom. The highest BCUT2D eigenvalue weighted by Crippen LogP contribution is 2.38. The van der Waals surface area contributed by atoms with Crippen LogP contribution in [0.5, 0.6) is 0 Å². The second kappa shape index (κ2) is 7.87. The second-order valence-corrected chi connectivity index (χ2v) is 8.40. The standard InChI is InChI=1S/C25H20FN7O/c1-15-2-3-17(12-27-15)25(34)29-22-14-33-23(28-22)11-10-21(30-33)20-13-32(19-8-9-19)31-24(20)16-4-6-18(26)7-5-16/h2-7,10-14,19H,8-9H2,1H3,(H,29,34). The number of rotatable bonds is 5. The zero-order valence-corrected chi connectivity index (χ0v) is 18.3. The lowest BCUT2D eigenvalue weighted by molar-refractivity contribution is 0.102. The molecule has 1 saturated carbocycles. The number of carbonyl (C=O) groups excluding carboxylic acids is 1. The molecule has 6 rings (SSSR count). The first kappa shape index (κ1) is 20.2. The Kier molecular flexibility index (Phi) is 4.68. The van der Waals surface area contributed by atoms with E-state index in [2.05, 4.69) is 15.3 Å². The largest absolute Gasteiger partial charge is 0.305 e. The highest BCUT2D eigenvalue weighted by molar-refractivity contribution is 6.03. The maximum Gasteiger partial charge on any atom is 0.258 e. The van der Waals surface area contributed by atoms with Gasteiger partial charge in [0.2, 0.25) is 0 Å². The number of fused-ring (bicyclic) bond motifs is 1. The fourth-order valence-corrected chi connectivity index (χ4v) is 3.80. The van der Waals surface area contributed by atoms with E-state index in [1.807, 2.05) is 29.9 Å². The van der Waals surface area contributed by atoms with Crippen LogP contribution in [0.4, 0.5) is 10.2 Å². The van der Waals surface area contributed by atoms with Crippen LogP contribution >= 0.6 is 0 Å². The Bertz CT molecular complexity index is 1520. The van der Waals surface area contributed by atoms with E-state index >= 15 is 0 Å². The molecule has 0 aliphatic heterocycles. The third-order valence-electron chi connectivity index (χ3n) is 5.78. The molecule has 9 heteroatoms. The van der Waals surface area contributed by atoms with Gasteiger partial charge in [-0.05, 0) is 68.3 Å². The van der Waals surface area contributed by atoms with Gasteiger partial charge in [0.1, 0.15) is 11.5 Å². The monoisotopic (exact) mass is 453 g/mol. The van der Waals surface area contributed by atoms with Crippen LogP contribution in [0.2, 0.25) is 0 Å². The number of benzene rings is 1. The van der Waals surface area contributed by atoms with Crippen molar-refractivity contribution in [3.63, 3.8) is 0 Å². The molecule has 0 atom stereocenters. The first-order valence-corrected chi connectivity index (χ1v) is 11.0. The van der Waals surface area contributed by atoms with Gasteiger partial charge in [-0.3, -0.25) is 14.5 Å². The Labute approximate surface area is 194 Å². The maximum absolute atomic E-state index is 13.5. The Hall–Kier alpha value is -4.40. The number of imidazole rings is 1. The van der Waals surface area contributed by atoms with Crippen molar-refractivity contribution in [1.29, 1.82) is 0 Å². The average molecular weight is 453 g/mol. The highest BCUT2D eigenvalue weighted by Gasteiger charge is 2.27. The SMILES string of the molecule is Cc1ccc(C(=O)Nc2cn3nc(-c4cn(C5CC5)nc4-c4ccc(F)cc4)ccc3n2)cn1. The summed E-state index contributed by atoms with van der Waals surface area (Å²) in [6, 6.07) is 13.9. The molecular weight excluding hydrogens is 433 g/mol. The van der Waals surface area contributed by atoms with Gasteiger partial charge in [-0.25, -0.2) is 13.9 Å². The number of halogens is 1. The fraction of sp³-hybridized carbons (Fsp3) is 0.160. The summed E-state index contributed by atoms with van der Waals surface area (Å²) in [4.78, 5) is 21.1. The number of aromatic nitrogens is 6. The Balaban J connectivity index is 1.34. The lowest BCUT2D eigenvalue weighted by Crippen LogP contribution is -2.12. The summed E-state index contributed by atoms with van der Waals surface area (Å²) in [7, 11) is 0.